The minimum atomic E-state index is -0.565. The Hall–Kier alpha value is -0.530. The van der Waals surface area contributed by atoms with Gasteiger partial charge in [0.2, 0.25) is 0 Å². The van der Waals surface area contributed by atoms with Crippen LogP contribution in [0.3, 0.4) is 0 Å². The molecule has 0 radical (unpaired) electrons. The zero-order valence-corrected chi connectivity index (χ0v) is 2.90. The molecule has 0 saturated carbocycles. The molecule has 1 N–H and O–H groups in total. The zero-order chi connectivity index (χ0) is 4.28. The average Bonchev–Trinajstić information content (AvgIpc) is 1.38. The van der Waals surface area contributed by atoms with Crippen LogP contribution in [0.15, 0.2) is 12.1 Å². The first-order valence-corrected chi connectivity index (χ1v) is 1.24. The Kier molecular flexibility index (Phi) is 1.57. The van der Waals surface area contributed by atoms with Crippen molar-refractivity contribution in [3.05, 3.63) is 12.1 Å². The second-order valence-electron chi connectivity index (χ2n) is 0.716. The lowest BCUT2D eigenvalue weighted by Crippen LogP contribution is -1.53. The van der Waals surface area contributed by atoms with Crippen LogP contribution in [0.2, 0.25) is 0 Å². The maximum Gasteiger partial charge on any atom is 0.131 e. The molecule has 0 fully saturated rings. The van der Waals surface area contributed by atoms with Crippen molar-refractivity contribution in [2.45, 2.75) is 6.92 Å². The van der Waals surface area contributed by atoms with Crippen LogP contribution in [0.25, 0.3) is 0 Å². The van der Waals surface area contributed by atoms with Crippen LogP contribution in [-0.4, -0.2) is 5.11 Å². The van der Waals surface area contributed by atoms with E-state index < -0.39 is 5.83 Å². The van der Waals surface area contributed by atoms with E-state index in [1.807, 2.05) is 0 Å². The Morgan fingerprint density at radius 1 is 2.00 bits per heavy atom. The highest BCUT2D eigenvalue weighted by Crippen LogP contribution is 1.85. The highest BCUT2D eigenvalue weighted by molar-refractivity contribution is 4.75. The first kappa shape index (κ1) is 4.47. The molecule has 1 nitrogen and oxygen atoms in total. The summed E-state index contributed by atoms with van der Waals surface area (Å²) in [5, 5.41) is 7.61. The molecular formula is C3H5FO. The summed E-state index contributed by atoms with van der Waals surface area (Å²) in [5.41, 5.74) is 0. The largest absolute Gasteiger partial charge is 0.513 e. The number of allylic oxidation sites excluding steroid dienone is 1. The fraction of sp³-hybridized carbons (Fsp3) is 0.333. The molecule has 0 aliphatic carbocycles. The third-order valence-electron chi connectivity index (χ3n) is 0.178. The maximum atomic E-state index is 11.0. The van der Waals surface area contributed by atoms with Gasteiger partial charge in [0.1, 0.15) is 12.1 Å². The van der Waals surface area contributed by atoms with Gasteiger partial charge >= 0.3 is 0 Å². The molecule has 0 aliphatic rings. The van der Waals surface area contributed by atoms with E-state index in [2.05, 4.69) is 0 Å². The second-order valence-corrected chi connectivity index (χ2v) is 0.716. The van der Waals surface area contributed by atoms with Gasteiger partial charge in [-0.05, 0) is 6.92 Å². The van der Waals surface area contributed by atoms with Gasteiger partial charge in [-0.15, -0.1) is 0 Å². The molecule has 0 aromatic heterocycles. The summed E-state index contributed by atoms with van der Waals surface area (Å²) >= 11 is 0. The molecule has 0 bridgehead atoms. The molecule has 0 rings (SSSR count). The molecule has 0 unspecified atom stereocenters. The van der Waals surface area contributed by atoms with E-state index in [1.165, 1.54) is 6.92 Å². The molecule has 0 saturated heterocycles. The van der Waals surface area contributed by atoms with Crippen LogP contribution in [0.1, 0.15) is 6.92 Å². The molecule has 0 atom stereocenters. The molecule has 30 valence electrons. The minimum absolute atomic E-state index is 0.417. The molecule has 5 heavy (non-hydrogen) atoms. The molecule has 0 aromatic rings. The summed E-state index contributed by atoms with van der Waals surface area (Å²) in [6.07, 6.45) is 0.417. The van der Waals surface area contributed by atoms with Gasteiger partial charge in [0.15, 0.2) is 0 Å². The molecule has 0 aromatic carbocycles. The Labute approximate surface area is 29.7 Å². The Morgan fingerprint density at radius 2 is 2.20 bits per heavy atom. The SMILES string of the molecule is C/C(F)=C\O. The standard InChI is InChI=1S/C3H5FO/c1-3(4)2-5/h2,5H,1H3/b3-2+. The van der Waals surface area contributed by atoms with Gasteiger partial charge in [0, 0.05) is 0 Å². The van der Waals surface area contributed by atoms with E-state index in [9.17, 15) is 4.39 Å². The summed E-state index contributed by atoms with van der Waals surface area (Å²) < 4.78 is 11.0. The predicted octanol–water partition coefficient (Wildman–Crippen LogP) is 1.38. The maximum absolute atomic E-state index is 11.0. The minimum Gasteiger partial charge on any atom is -0.513 e. The fourth-order valence-corrected chi connectivity index (χ4v) is 0. The highest BCUT2D eigenvalue weighted by Gasteiger charge is 1.69. The van der Waals surface area contributed by atoms with E-state index in [-0.39, 0.29) is 0 Å². The monoisotopic (exact) mass is 76.0 g/mol. The fourth-order valence-electron chi connectivity index (χ4n) is 0. The van der Waals surface area contributed by atoms with Crippen molar-refractivity contribution in [3.8, 4) is 0 Å². The lowest BCUT2D eigenvalue weighted by molar-refractivity contribution is 0.441. The first-order chi connectivity index (χ1) is 2.27. The lowest BCUT2D eigenvalue weighted by Gasteiger charge is -1.68. The van der Waals surface area contributed by atoms with Crippen molar-refractivity contribution in [2.24, 2.45) is 0 Å². The molecule has 2 heteroatoms. The third-order valence-corrected chi connectivity index (χ3v) is 0.178. The number of aliphatic hydroxyl groups excluding tert-OH is 1. The quantitative estimate of drug-likeness (QED) is 0.432. The van der Waals surface area contributed by atoms with Gasteiger partial charge in [-0.2, -0.15) is 0 Å². The van der Waals surface area contributed by atoms with Gasteiger partial charge in [0.25, 0.3) is 0 Å². The van der Waals surface area contributed by atoms with Gasteiger partial charge in [-0.3, -0.25) is 0 Å². The number of hydrogen-bond acceptors (Lipinski definition) is 1. The Balaban J connectivity index is 3.14. The smallest absolute Gasteiger partial charge is 0.131 e. The molecule has 0 amide bonds. The average molecular weight is 76.1 g/mol. The van der Waals surface area contributed by atoms with Crippen LogP contribution < -0.4 is 0 Å². The summed E-state index contributed by atoms with van der Waals surface area (Å²) in [5.74, 6) is -0.565. The molecule has 0 aliphatic heterocycles. The number of hydrogen-bond donors (Lipinski definition) is 1. The van der Waals surface area contributed by atoms with Crippen molar-refractivity contribution in [1.29, 1.82) is 0 Å². The summed E-state index contributed by atoms with van der Waals surface area (Å²) in [6, 6.07) is 0. The van der Waals surface area contributed by atoms with E-state index in [0.29, 0.717) is 6.26 Å². The summed E-state index contributed by atoms with van der Waals surface area (Å²) in [7, 11) is 0. The molecule has 0 spiro atoms. The summed E-state index contributed by atoms with van der Waals surface area (Å²) in [4.78, 5) is 0. The van der Waals surface area contributed by atoms with E-state index in [1.54, 1.807) is 0 Å². The van der Waals surface area contributed by atoms with Crippen LogP contribution in [0, 0.1) is 0 Å². The molecular weight excluding hydrogens is 71.0 g/mol. The van der Waals surface area contributed by atoms with Crippen molar-refractivity contribution >= 4 is 0 Å². The summed E-state index contributed by atoms with van der Waals surface area (Å²) in [6.45, 7) is 1.17. The van der Waals surface area contributed by atoms with E-state index in [4.69, 9.17) is 5.11 Å². The Morgan fingerprint density at radius 3 is 2.20 bits per heavy atom. The molecule has 0 heterocycles. The first-order valence-electron chi connectivity index (χ1n) is 1.24. The zero-order valence-electron chi connectivity index (χ0n) is 2.90. The van der Waals surface area contributed by atoms with Crippen molar-refractivity contribution < 1.29 is 9.50 Å². The Bertz CT molecular complexity index is 44.9. The number of rotatable bonds is 0. The number of halogens is 1. The van der Waals surface area contributed by atoms with E-state index >= 15 is 0 Å². The van der Waals surface area contributed by atoms with Crippen molar-refractivity contribution in [1.82, 2.24) is 0 Å². The van der Waals surface area contributed by atoms with Gasteiger partial charge < -0.3 is 5.11 Å². The topological polar surface area (TPSA) is 20.2 Å². The second kappa shape index (κ2) is 1.76. The predicted molar refractivity (Wildman–Crippen MR) is 17.5 cm³/mol. The van der Waals surface area contributed by atoms with Crippen LogP contribution in [0.4, 0.5) is 4.39 Å². The van der Waals surface area contributed by atoms with E-state index in [0.717, 1.165) is 0 Å². The normalized spacial score (nSPS) is 12.0. The van der Waals surface area contributed by atoms with Gasteiger partial charge in [-0.25, -0.2) is 4.39 Å². The van der Waals surface area contributed by atoms with Gasteiger partial charge in [-0.1, -0.05) is 0 Å². The van der Waals surface area contributed by atoms with Crippen LogP contribution >= 0.6 is 0 Å². The van der Waals surface area contributed by atoms with Crippen molar-refractivity contribution in [2.75, 3.05) is 0 Å². The lowest BCUT2D eigenvalue weighted by atomic mass is 10.7. The van der Waals surface area contributed by atoms with Crippen molar-refractivity contribution in [3.63, 3.8) is 0 Å². The number of aliphatic hydroxyl groups is 1. The van der Waals surface area contributed by atoms with Crippen LogP contribution in [0.5, 0.6) is 0 Å². The van der Waals surface area contributed by atoms with Gasteiger partial charge in [0.05, 0.1) is 0 Å². The third kappa shape index (κ3) is 3.47. The van der Waals surface area contributed by atoms with Crippen LogP contribution in [-0.2, 0) is 0 Å². The highest BCUT2D eigenvalue weighted by atomic mass is 19.1.